The van der Waals surface area contributed by atoms with Gasteiger partial charge in [0.15, 0.2) is 0 Å². The maximum atomic E-state index is 14.3. The Kier molecular flexibility index (Phi) is 31.0. The fraction of sp³-hybridized carbons (Fsp3) is 0.850. The maximum Gasteiger partial charge on any atom is 0.394 e. The molecule has 8 heteroatoms. The van der Waals surface area contributed by atoms with E-state index < -0.39 is 31.4 Å². The summed E-state index contributed by atoms with van der Waals surface area (Å²) in [6, 6.07) is 0. The average Bonchev–Trinajstić information content (AvgIpc) is 3.03. The van der Waals surface area contributed by atoms with Crippen molar-refractivity contribution in [3.63, 3.8) is 0 Å². The van der Waals surface area contributed by atoms with Crippen LogP contribution in [0.15, 0.2) is 24.3 Å². The second-order valence-electron chi connectivity index (χ2n) is 14.0. The summed E-state index contributed by atoms with van der Waals surface area (Å²) in [5.74, 6) is -2.13. The smallest absolute Gasteiger partial charge is 0.320 e. The molecular formula is C40H73F2O5P. The van der Waals surface area contributed by atoms with Crippen LogP contribution in [0.1, 0.15) is 206 Å². The van der Waals surface area contributed by atoms with Gasteiger partial charge in [0.1, 0.15) is 11.6 Å². The van der Waals surface area contributed by atoms with E-state index in [0.717, 1.165) is 77.0 Å². The van der Waals surface area contributed by atoms with E-state index in [2.05, 4.69) is 38.2 Å². The predicted molar refractivity (Wildman–Crippen MR) is 199 cm³/mol. The predicted octanol–water partition coefficient (Wildman–Crippen LogP) is 13.4. The highest BCUT2D eigenvalue weighted by Gasteiger charge is 2.50. The van der Waals surface area contributed by atoms with Gasteiger partial charge >= 0.3 is 13.3 Å². The van der Waals surface area contributed by atoms with Crippen molar-refractivity contribution in [1.29, 1.82) is 0 Å². The molecular weight excluding hydrogens is 629 g/mol. The van der Waals surface area contributed by atoms with Crippen molar-refractivity contribution >= 4 is 19.2 Å². The third-order valence-corrected chi connectivity index (χ3v) is 10.3. The SMILES string of the molecule is CCCCCCCC/C=C\CCCCCCCC(=O)C[C@@H](CC(F)(F)P(=O)(O)O)C(=O)CCCCCCC/C=C\CCCCCCCC. The molecule has 0 heterocycles. The zero-order valence-electron chi connectivity index (χ0n) is 30.9. The Balaban J connectivity index is 4.26. The minimum absolute atomic E-state index is 0.0563. The number of carbonyl (C=O) groups excluding carboxylic acids is 2. The molecule has 0 spiro atoms. The lowest BCUT2D eigenvalue weighted by Gasteiger charge is -2.23. The normalized spacial score (nSPS) is 13.2. The molecule has 1 atom stereocenters. The number of hydrogen-bond donors (Lipinski definition) is 2. The van der Waals surface area contributed by atoms with Gasteiger partial charge in [-0.15, -0.1) is 0 Å². The van der Waals surface area contributed by atoms with Gasteiger partial charge in [0.25, 0.3) is 0 Å². The molecule has 0 aliphatic carbocycles. The van der Waals surface area contributed by atoms with E-state index in [1.165, 1.54) is 77.0 Å². The van der Waals surface area contributed by atoms with Gasteiger partial charge in [0, 0.05) is 31.6 Å². The maximum absolute atomic E-state index is 14.3. The molecule has 48 heavy (non-hydrogen) atoms. The van der Waals surface area contributed by atoms with Crippen LogP contribution in [0.5, 0.6) is 0 Å². The highest BCUT2D eigenvalue weighted by atomic mass is 31.2. The molecule has 0 saturated carbocycles. The molecule has 0 aromatic carbocycles. The Labute approximate surface area is 293 Å². The summed E-state index contributed by atoms with van der Waals surface area (Å²) in [6.45, 7) is 4.46. The van der Waals surface area contributed by atoms with Crippen LogP contribution in [0.25, 0.3) is 0 Å². The summed E-state index contributed by atoms with van der Waals surface area (Å²) < 4.78 is 39.9. The van der Waals surface area contributed by atoms with E-state index in [9.17, 15) is 22.9 Å². The highest BCUT2D eigenvalue weighted by Crippen LogP contribution is 2.56. The van der Waals surface area contributed by atoms with Gasteiger partial charge in [-0.3, -0.25) is 14.2 Å². The van der Waals surface area contributed by atoms with Crippen LogP contribution < -0.4 is 0 Å². The molecule has 0 amide bonds. The molecule has 2 N–H and O–H groups in total. The molecule has 0 fully saturated rings. The summed E-state index contributed by atoms with van der Waals surface area (Å²) >= 11 is 0. The Morgan fingerprint density at radius 1 is 0.562 bits per heavy atom. The molecule has 0 aliphatic heterocycles. The van der Waals surface area contributed by atoms with Crippen LogP contribution in [0.2, 0.25) is 0 Å². The number of carbonyl (C=O) groups is 2. The lowest BCUT2D eigenvalue weighted by atomic mass is 9.89. The average molecular weight is 703 g/mol. The van der Waals surface area contributed by atoms with Crippen LogP contribution in [0.4, 0.5) is 8.78 Å². The number of Topliss-reactive ketones (excluding diaryl/α,β-unsaturated/α-hetero) is 2. The fourth-order valence-corrected chi connectivity index (χ4v) is 6.52. The van der Waals surface area contributed by atoms with Crippen LogP contribution in [0, 0.1) is 5.92 Å². The fourth-order valence-electron chi connectivity index (χ4n) is 6.06. The largest absolute Gasteiger partial charge is 0.394 e. The minimum atomic E-state index is -5.73. The molecule has 0 aromatic rings. The Morgan fingerprint density at radius 3 is 1.27 bits per heavy atom. The van der Waals surface area contributed by atoms with E-state index in [1.54, 1.807) is 0 Å². The molecule has 0 unspecified atom stereocenters. The second-order valence-corrected chi connectivity index (χ2v) is 15.7. The zero-order chi connectivity index (χ0) is 35.8. The Hall–Kier alpha value is -1.17. The van der Waals surface area contributed by atoms with Gasteiger partial charge in [-0.2, -0.15) is 8.78 Å². The lowest BCUT2D eigenvalue weighted by molar-refractivity contribution is -0.130. The number of unbranched alkanes of at least 4 members (excludes halogenated alkanes) is 22. The Morgan fingerprint density at radius 2 is 0.896 bits per heavy atom. The topological polar surface area (TPSA) is 91.7 Å². The first kappa shape index (κ1) is 46.8. The molecule has 0 bridgehead atoms. The molecule has 0 radical (unpaired) electrons. The van der Waals surface area contributed by atoms with Crippen molar-refractivity contribution in [3.05, 3.63) is 24.3 Å². The summed E-state index contributed by atoms with van der Waals surface area (Å²) in [7, 11) is -5.73. The standard InChI is InChI=1S/C40H73F2O5P/c1-3-5-7-9-11-13-15-17-19-21-23-25-27-29-31-33-38(43)35-37(36-40(41,42)48(45,46)47)39(44)34-32-30-28-26-24-22-20-18-16-14-12-10-8-6-4-2/h17-20,37H,3-16,21-36H2,1-2H3,(H2,45,46,47)/b19-17-,20-18-/t37-/m0/s1. The second kappa shape index (κ2) is 31.8. The summed E-state index contributed by atoms with van der Waals surface area (Å²) in [5, 5.41) is 0. The number of halogens is 2. The molecule has 0 aromatic heterocycles. The minimum Gasteiger partial charge on any atom is -0.320 e. The number of rotatable bonds is 36. The van der Waals surface area contributed by atoms with Gasteiger partial charge in [0.2, 0.25) is 0 Å². The van der Waals surface area contributed by atoms with Crippen LogP contribution in [0.3, 0.4) is 0 Å². The van der Waals surface area contributed by atoms with Crippen molar-refractivity contribution < 1.29 is 32.7 Å². The van der Waals surface area contributed by atoms with Gasteiger partial charge < -0.3 is 9.79 Å². The molecule has 0 aliphatic rings. The van der Waals surface area contributed by atoms with Crippen molar-refractivity contribution in [2.75, 3.05) is 0 Å². The van der Waals surface area contributed by atoms with Crippen LogP contribution in [-0.4, -0.2) is 27.0 Å². The van der Waals surface area contributed by atoms with E-state index in [4.69, 9.17) is 9.79 Å². The molecule has 282 valence electrons. The molecule has 0 saturated heterocycles. The number of hydrogen-bond acceptors (Lipinski definition) is 3. The third kappa shape index (κ3) is 28.6. The number of alkyl halides is 2. The zero-order valence-corrected chi connectivity index (χ0v) is 31.8. The van der Waals surface area contributed by atoms with E-state index in [-0.39, 0.29) is 25.0 Å². The van der Waals surface area contributed by atoms with Crippen molar-refractivity contribution in [2.45, 2.75) is 212 Å². The Bertz CT molecular complexity index is 883. The lowest BCUT2D eigenvalue weighted by Crippen LogP contribution is -2.28. The van der Waals surface area contributed by atoms with E-state index >= 15 is 0 Å². The van der Waals surface area contributed by atoms with Crippen molar-refractivity contribution in [3.8, 4) is 0 Å². The van der Waals surface area contributed by atoms with Gasteiger partial charge in [-0.25, -0.2) is 0 Å². The molecule has 5 nitrogen and oxygen atoms in total. The van der Waals surface area contributed by atoms with Crippen molar-refractivity contribution in [2.24, 2.45) is 5.92 Å². The van der Waals surface area contributed by atoms with E-state index in [0.29, 0.717) is 12.8 Å². The third-order valence-electron chi connectivity index (χ3n) is 9.25. The summed E-state index contributed by atoms with van der Waals surface area (Å²) in [5.41, 5.74) is -4.32. The first-order valence-electron chi connectivity index (χ1n) is 19.8. The monoisotopic (exact) mass is 703 g/mol. The van der Waals surface area contributed by atoms with Crippen LogP contribution in [-0.2, 0) is 14.2 Å². The van der Waals surface area contributed by atoms with Crippen molar-refractivity contribution in [1.82, 2.24) is 0 Å². The quantitative estimate of drug-likeness (QED) is 0.0385. The first-order chi connectivity index (χ1) is 23.0. The van der Waals surface area contributed by atoms with Gasteiger partial charge in [0.05, 0.1) is 0 Å². The van der Waals surface area contributed by atoms with Crippen LogP contribution >= 0.6 is 7.60 Å². The van der Waals surface area contributed by atoms with E-state index in [1.807, 2.05) is 0 Å². The summed E-state index contributed by atoms with van der Waals surface area (Å²) in [6.07, 6.45) is 36.7. The molecule has 0 rings (SSSR count). The highest BCUT2D eigenvalue weighted by molar-refractivity contribution is 7.53. The number of ketones is 2. The summed E-state index contributed by atoms with van der Waals surface area (Å²) in [4.78, 5) is 43.8. The number of allylic oxidation sites excluding steroid dienone is 4. The van der Waals surface area contributed by atoms with Gasteiger partial charge in [-0.05, 0) is 64.2 Å². The first-order valence-corrected chi connectivity index (χ1v) is 21.4. The van der Waals surface area contributed by atoms with Gasteiger partial charge in [-0.1, -0.05) is 141 Å².